The number of halogens is 1. The van der Waals surface area contributed by atoms with Gasteiger partial charge >= 0.3 is 6.03 Å². The lowest BCUT2D eigenvalue weighted by Gasteiger charge is -2.11. The molecular weight excluding hydrogens is 473 g/mol. The van der Waals surface area contributed by atoms with Crippen LogP contribution >= 0.6 is 0 Å². The van der Waals surface area contributed by atoms with E-state index in [-0.39, 0.29) is 11.7 Å². The van der Waals surface area contributed by atoms with E-state index < -0.39 is 6.03 Å². The summed E-state index contributed by atoms with van der Waals surface area (Å²) in [4.78, 5) is 17.1. The van der Waals surface area contributed by atoms with Crippen molar-refractivity contribution in [2.24, 2.45) is 0 Å². The number of nitrogens with zero attached hydrogens (tertiary/aromatic N) is 4. The molecular formula is C27H24FN7O2. The topological polar surface area (TPSA) is 110 Å². The first-order valence-electron chi connectivity index (χ1n) is 11.6. The van der Waals surface area contributed by atoms with E-state index in [1.807, 2.05) is 19.9 Å². The molecule has 0 aliphatic rings. The van der Waals surface area contributed by atoms with Crippen LogP contribution in [-0.4, -0.2) is 31.0 Å². The van der Waals surface area contributed by atoms with Crippen LogP contribution in [0.2, 0.25) is 0 Å². The van der Waals surface area contributed by atoms with Gasteiger partial charge < -0.3 is 10.1 Å². The zero-order chi connectivity index (χ0) is 25.8. The van der Waals surface area contributed by atoms with Gasteiger partial charge in [0, 0.05) is 35.8 Å². The maximum Gasteiger partial charge on any atom is 0.324 e. The van der Waals surface area contributed by atoms with Crippen LogP contribution in [0.4, 0.5) is 20.7 Å². The van der Waals surface area contributed by atoms with Crippen molar-refractivity contribution in [3.63, 3.8) is 0 Å². The first kappa shape index (κ1) is 23.7. The Morgan fingerprint density at radius 1 is 1.03 bits per heavy atom. The monoisotopic (exact) mass is 497 g/mol. The van der Waals surface area contributed by atoms with Crippen molar-refractivity contribution in [3.8, 4) is 28.4 Å². The minimum atomic E-state index is -0.458. The SMILES string of the molecule is CC(C)c1cc(NC(=O)Nc2ccc(Oc3ccnc(-c4cn[nH]c4)c3)cc2)n(-c2cccc(F)c2)n1. The van der Waals surface area contributed by atoms with Gasteiger partial charge in [0.1, 0.15) is 23.1 Å². The standard InChI is InChI=1S/C27H24FN7O2/c1-17(2)24-14-26(35(34-24)21-5-3-4-19(28)12-21)33-27(36)32-20-6-8-22(9-7-20)37-23-10-11-29-25(13-23)18-15-30-31-16-18/h3-17H,1-2H3,(H,30,31)(H2,32,33,36). The highest BCUT2D eigenvalue weighted by molar-refractivity contribution is 5.99. The Kier molecular flexibility index (Phi) is 6.62. The second-order valence-electron chi connectivity index (χ2n) is 8.57. The van der Waals surface area contributed by atoms with Gasteiger partial charge in [-0.25, -0.2) is 13.9 Å². The fourth-order valence-electron chi connectivity index (χ4n) is 3.62. The molecule has 0 fully saturated rings. The van der Waals surface area contributed by atoms with E-state index in [1.165, 1.54) is 16.8 Å². The Labute approximate surface area is 212 Å². The van der Waals surface area contributed by atoms with E-state index in [2.05, 4.69) is 30.9 Å². The Hall–Kier alpha value is -4.99. The Morgan fingerprint density at radius 2 is 1.86 bits per heavy atom. The van der Waals surface area contributed by atoms with Crippen LogP contribution in [0, 0.1) is 5.82 Å². The largest absolute Gasteiger partial charge is 0.457 e. The molecule has 0 bridgehead atoms. The second-order valence-corrected chi connectivity index (χ2v) is 8.57. The second kappa shape index (κ2) is 10.3. The molecule has 3 aromatic heterocycles. The molecule has 0 saturated carbocycles. The van der Waals surface area contributed by atoms with Crippen molar-refractivity contribution in [3.05, 3.63) is 96.8 Å². The van der Waals surface area contributed by atoms with Crippen LogP contribution in [0.25, 0.3) is 16.9 Å². The molecule has 186 valence electrons. The molecule has 0 aliphatic heterocycles. The lowest BCUT2D eigenvalue weighted by Crippen LogP contribution is -2.21. The number of hydrogen-bond acceptors (Lipinski definition) is 5. The van der Waals surface area contributed by atoms with Gasteiger partial charge in [0.2, 0.25) is 0 Å². The average molecular weight is 498 g/mol. The molecule has 0 aliphatic carbocycles. The number of carbonyl (C=O) groups excluding carboxylic acids is 1. The summed E-state index contributed by atoms with van der Waals surface area (Å²) < 4.78 is 21.2. The van der Waals surface area contributed by atoms with E-state index in [1.54, 1.807) is 67.1 Å². The van der Waals surface area contributed by atoms with E-state index >= 15 is 0 Å². The fourth-order valence-corrected chi connectivity index (χ4v) is 3.62. The van der Waals surface area contributed by atoms with Gasteiger partial charge in [0.25, 0.3) is 0 Å². The fraction of sp³-hybridized carbons (Fsp3) is 0.111. The average Bonchev–Trinajstić information content (AvgIpc) is 3.56. The molecule has 5 rings (SSSR count). The van der Waals surface area contributed by atoms with Gasteiger partial charge in [-0.1, -0.05) is 19.9 Å². The number of nitrogens with one attached hydrogen (secondary N) is 3. The first-order chi connectivity index (χ1) is 17.9. The third-order valence-corrected chi connectivity index (χ3v) is 5.49. The first-order valence-corrected chi connectivity index (χ1v) is 11.6. The molecule has 0 atom stereocenters. The molecule has 0 radical (unpaired) electrons. The zero-order valence-electron chi connectivity index (χ0n) is 20.1. The van der Waals surface area contributed by atoms with Gasteiger partial charge in [-0.05, 0) is 54.4 Å². The van der Waals surface area contributed by atoms with Crippen LogP contribution in [0.15, 0.2) is 85.3 Å². The number of aromatic amines is 1. The third kappa shape index (κ3) is 5.64. The number of amides is 2. The van der Waals surface area contributed by atoms with Crippen LogP contribution < -0.4 is 15.4 Å². The minimum absolute atomic E-state index is 0.127. The molecule has 0 unspecified atom stereocenters. The van der Waals surface area contributed by atoms with Gasteiger partial charge in [-0.15, -0.1) is 0 Å². The highest BCUT2D eigenvalue weighted by atomic mass is 19.1. The Bertz CT molecular complexity index is 1510. The summed E-state index contributed by atoms with van der Waals surface area (Å²) in [5.74, 6) is 1.39. The normalized spacial score (nSPS) is 10.9. The van der Waals surface area contributed by atoms with Crippen molar-refractivity contribution in [1.29, 1.82) is 0 Å². The van der Waals surface area contributed by atoms with Gasteiger partial charge in [0.15, 0.2) is 0 Å². The van der Waals surface area contributed by atoms with Crippen LogP contribution in [0.5, 0.6) is 11.5 Å². The maximum absolute atomic E-state index is 13.8. The van der Waals surface area contributed by atoms with Crippen molar-refractivity contribution >= 4 is 17.5 Å². The highest BCUT2D eigenvalue weighted by Gasteiger charge is 2.15. The quantitative estimate of drug-likeness (QED) is 0.242. The number of pyridine rings is 1. The van der Waals surface area contributed by atoms with E-state index in [9.17, 15) is 9.18 Å². The Morgan fingerprint density at radius 3 is 2.59 bits per heavy atom. The molecule has 0 spiro atoms. The van der Waals surface area contributed by atoms with Gasteiger partial charge in [-0.2, -0.15) is 10.2 Å². The predicted octanol–water partition coefficient (Wildman–Crippen LogP) is 6.36. The van der Waals surface area contributed by atoms with Crippen LogP contribution in [-0.2, 0) is 0 Å². The molecule has 10 heteroatoms. The summed E-state index contributed by atoms with van der Waals surface area (Å²) in [7, 11) is 0. The molecule has 2 aromatic carbocycles. The molecule has 9 nitrogen and oxygen atoms in total. The number of ether oxygens (including phenoxy) is 1. The molecule has 0 saturated heterocycles. The number of urea groups is 1. The van der Waals surface area contributed by atoms with Crippen molar-refractivity contribution in [2.45, 2.75) is 19.8 Å². The van der Waals surface area contributed by atoms with Crippen molar-refractivity contribution in [1.82, 2.24) is 25.0 Å². The van der Waals surface area contributed by atoms with Gasteiger partial charge in [0.05, 0.1) is 23.3 Å². The number of hydrogen-bond donors (Lipinski definition) is 3. The Balaban J connectivity index is 1.26. The van der Waals surface area contributed by atoms with Crippen molar-refractivity contribution < 1.29 is 13.9 Å². The molecule has 37 heavy (non-hydrogen) atoms. The van der Waals surface area contributed by atoms with Gasteiger partial charge in [-0.3, -0.25) is 15.4 Å². The maximum atomic E-state index is 13.8. The van der Waals surface area contributed by atoms with Crippen molar-refractivity contribution in [2.75, 3.05) is 10.6 Å². The third-order valence-electron chi connectivity index (χ3n) is 5.49. The summed E-state index contributed by atoms with van der Waals surface area (Å²) in [5, 5.41) is 16.8. The number of anilines is 2. The predicted molar refractivity (Wildman–Crippen MR) is 139 cm³/mol. The molecule has 2 amide bonds. The van der Waals surface area contributed by atoms with E-state index in [0.717, 1.165) is 17.0 Å². The highest BCUT2D eigenvalue weighted by Crippen LogP contribution is 2.27. The van der Waals surface area contributed by atoms with E-state index in [0.29, 0.717) is 28.7 Å². The number of rotatable bonds is 7. The number of H-pyrrole nitrogens is 1. The summed E-state index contributed by atoms with van der Waals surface area (Å²) in [6.45, 7) is 3.99. The van der Waals surface area contributed by atoms with Crippen LogP contribution in [0.3, 0.4) is 0 Å². The zero-order valence-corrected chi connectivity index (χ0v) is 20.1. The van der Waals surface area contributed by atoms with E-state index in [4.69, 9.17) is 4.74 Å². The summed E-state index contributed by atoms with van der Waals surface area (Å²) in [6, 6.07) is 17.9. The lowest BCUT2D eigenvalue weighted by molar-refractivity contribution is 0.262. The summed E-state index contributed by atoms with van der Waals surface area (Å²) in [5.41, 5.74) is 3.44. The number of benzene rings is 2. The molecule has 3 N–H and O–H groups in total. The minimum Gasteiger partial charge on any atom is -0.457 e. The molecule has 5 aromatic rings. The summed E-state index contributed by atoms with van der Waals surface area (Å²) >= 11 is 0. The molecule has 3 heterocycles. The van der Waals surface area contributed by atoms with Crippen LogP contribution in [0.1, 0.15) is 25.5 Å². The number of aromatic nitrogens is 5. The lowest BCUT2D eigenvalue weighted by atomic mass is 10.1. The summed E-state index contributed by atoms with van der Waals surface area (Å²) in [6.07, 6.45) is 5.11. The number of carbonyl (C=O) groups is 1. The smallest absolute Gasteiger partial charge is 0.324 e.